The smallest absolute Gasteiger partial charge is 0.223 e. The van der Waals surface area contributed by atoms with Crippen LogP contribution in [-0.4, -0.2) is 42.9 Å². The summed E-state index contributed by atoms with van der Waals surface area (Å²) in [6.07, 6.45) is 8.36. The molecule has 10 unspecified atom stereocenters. The number of nitrogens with one attached hydrogen (secondary N) is 3. The molecule has 2 saturated carbocycles. The molecule has 1 amide bonds. The predicted molar refractivity (Wildman–Crippen MR) is 92.6 cm³/mol. The van der Waals surface area contributed by atoms with Gasteiger partial charge in [-0.2, -0.15) is 0 Å². The van der Waals surface area contributed by atoms with Gasteiger partial charge in [-0.05, 0) is 67.4 Å². The number of allylic oxidation sites excluding steroid dienone is 1. The first-order valence-corrected chi connectivity index (χ1v) is 10.2. The molecule has 0 bridgehead atoms. The monoisotopic (exact) mass is 341 g/mol. The quantitative estimate of drug-likeness (QED) is 0.599. The van der Waals surface area contributed by atoms with Crippen molar-refractivity contribution in [1.82, 2.24) is 16.0 Å². The van der Waals surface area contributed by atoms with E-state index in [1.165, 1.54) is 19.3 Å². The number of hydrogen-bond acceptors (Lipinski definition) is 4. The van der Waals surface area contributed by atoms with E-state index in [0.717, 1.165) is 19.0 Å². The van der Waals surface area contributed by atoms with Gasteiger partial charge in [0.05, 0.1) is 0 Å². The zero-order valence-electron chi connectivity index (χ0n) is 14.5. The van der Waals surface area contributed by atoms with Crippen LogP contribution in [0.15, 0.2) is 12.2 Å². The van der Waals surface area contributed by atoms with Crippen LogP contribution in [0.25, 0.3) is 0 Å². The Kier molecular flexibility index (Phi) is 3.08. The third-order valence-electron chi connectivity index (χ3n) is 8.51. The van der Waals surface area contributed by atoms with E-state index in [2.05, 4.69) is 22.0 Å². The average molecular weight is 341 g/mol. The van der Waals surface area contributed by atoms with Gasteiger partial charge in [-0.3, -0.25) is 9.59 Å². The first kappa shape index (κ1) is 14.9. The van der Waals surface area contributed by atoms with Crippen molar-refractivity contribution in [3.8, 4) is 0 Å². The highest BCUT2D eigenvalue weighted by atomic mass is 16.2. The normalized spacial score (nSPS) is 55.8. The number of amides is 1. The summed E-state index contributed by atoms with van der Waals surface area (Å²) in [4.78, 5) is 24.9. The van der Waals surface area contributed by atoms with Gasteiger partial charge in [0.2, 0.25) is 5.91 Å². The molecule has 0 aromatic heterocycles. The van der Waals surface area contributed by atoms with Crippen LogP contribution in [-0.2, 0) is 9.59 Å². The van der Waals surface area contributed by atoms with Gasteiger partial charge in [0.25, 0.3) is 0 Å². The molecular weight excluding hydrogens is 314 g/mol. The summed E-state index contributed by atoms with van der Waals surface area (Å²) in [5.41, 5.74) is 0. The highest BCUT2D eigenvalue weighted by Crippen LogP contribution is 2.57. The fourth-order valence-electron chi connectivity index (χ4n) is 7.75. The maximum absolute atomic E-state index is 12.8. The fraction of sp³-hybridized carbons (Fsp3) is 0.800. The molecule has 0 spiro atoms. The van der Waals surface area contributed by atoms with Crippen molar-refractivity contribution in [2.24, 2.45) is 41.4 Å². The lowest BCUT2D eigenvalue weighted by atomic mass is 9.52. The van der Waals surface area contributed by atoms with Gasteiger partial charge in [0, 0.05) is 37.0 Å². The minimum atomic E-state index is 0.106. The van der Waals surface area contributed by atoms with Gasteiger partial charge < -0.3 is 16.0 Å². The number of hydrogen-bond donors (Lipinski definition) is 3. The molecule has 25 heavy (non-hydrogen) atoms. The molecule has 6 aliphatic rings. The van der Waals surface area contributed by atoms with Crippen molar-refractivity contribution in [1.29, 1.82) is 0 Å². The summed E-state index contributed by atoms with van der Waals surface area (Å²) in [6, 6.07) is 1.29. The first-order chi connectivity index (χ1) is 12.2. The largest absolute Gasteiger partial charge is 0.356 e. The molecule has 0 aromatic rings. The summed E-state index contributed by atoms with van der Waals surface area (Å²) in [5.74, 6) is 3.77. The molecule has 6 rings (SSSR count). The van der Waals surface area contributed by atoms with Gasteiger partial charge in [0.15, 0.2) is 5.78 Å². The summed E-state index contributed by atoms with van der Waals surface area (Å²) < 4.78 is 0. The lowest BCUT2D eigenvalue weighted by Gasteiger charge is -2.53. The summed E-state index contributed by atoms with van der Waals surface area (Å²) in [6.45, 7) is 1.99. The molecule has 3 aliphatic carbocycles. The molecule has 0 aromatic carbocycles. The van der Waals surface area contributed by atoms with Gasteiger partial charge in [0.1, 0.15) is 0 Å². The summed E-state index contributed by atoms with van der Waals surface area (Å²) >= 11 is 0. The van der Waals surface area contributed by atoms with E-state index in [4.69, 9.17) is 0 Å². The van der Waals surface area contributed by atoms with Crippen LogP contribution in [0.2, 0.25) is 0 Å². The summed E-state index contributed by atoms with van der Waals surface area (Å²) in [7, 11) is 0. The van der Waals surface area contributed by atoms with E-state index in [-0.39, 0.29) is 23.7 Å². The lowest BCUT2D eigenvalue weighted by molar-refractivity contribution is -0.130. The van der Waals surface area contributed by atoms with Gasteiger partial charge in [-0.1, -0.05) is 6.08 Å². The Balaban J connectivity index is 1.42. The highest BCUT2D eigenvalue weighted by molar-refractivity contribution is 5.91. The molecule has 5 nitrogen and oxygen atoms in total. The Morgan fingerprint density at radius 1 is 0.960 bits per heavy atom. The minimum Gasteiger partial charge on any atom is -0.356 e. The van der Waals surface area contributed by atoms with Crippen LogP contribution in [0.3, 0.4) is 0 Å². The van der Waals surface area contributed by atoms with Crippen LogP contribution >= 0.6 is 0 Å². The lowest BCUT2D eigenvalue weighted by Crippen LogP contribution is -2.59. The van der Waals surface area contributed by atoms with Crippen molar-refractivity contribution in [2.75, 3.05) is 13.1 Å². The summed E-state index contributed by atoms with van der Waals surface area (Å²) in [5, 5.41) is 10.9. The van der Waals surface area contributed by atoms with Crippen molar-refractivity contribution >= 4 is 11.7 Å². The topological polar surface area (TPSA) is 70.2 Å². The number of carbonyl (C=O) groups is 2. The maximum Gasteiger partial charge on any atom is 0.223 e. The van der Waals surface area contributed by atoms with E-state index in [0.29, 0.717) is 48.1 Å². The molecule has 134 valence electrons. The molecule has 10 atom stereocenters. The number of fused-ring (bicyclic) bond motifs is 10. The molecule has 5 fully saturated rings. The zero-order valence-corrected chi connectivity index (χ0v) is 14.5. The zero-order chi connectivity index (χ0) is 16.7. The van der Waals surface area contributed by atoms with Gasteiger partial charge in [-0.25, -0.2) is 0 Å². The first-order valence-electron chi connectivity index (χ1n) is 10.2. The Hall–Kier alpha value is -1.20. The van der Waals surface area contributed by atoms with Crippen molar-refractivity contribution < 1.29 is 9.59 Å². The van der Waals surface area contributed by atoms with Gasteiger partial charge in [-0.15, -0.1) is 0 Å². The number of rotatable bonds is 0. The number of ketones is 1. The third-order valence-corrected chi connectivity index (χ3v) is 8.51. The van der Waals surface area contributed by atoms with Crippen LogP contribution in [0.1, 0.15) is 25.7 Å². The Morgan fingerprint density at radius 2 is 1.88 bits per heavy atom. The predicted octanol–water partition coefficient (Wildman–Crippen LogP) is 0.468. The molecule has 3 N–H and O–H groups in total. The second-order valence-electron chi connectivity index (χ2n) is 9.27. The second kappa shape index (κ2) is 5.17. The van der Waals surface area contributed by atoms with Crippen LogP contribution < -0.4 is 16.0 Å². The Bertz CT molecular complexity index is 661. The molecular formula is C20H27N3O2. The fourth-order valence-corrected chi connectivity index (χ4v) is 7.75. The van der Waals surface area contributed by atoms with E-state index in [1.54, 1.807) is 6.08 Å². The molecule has 3 saturated heterocycles. The molecule has 3 aliphatic heterocycles. The second-order valence-corrected chi connectivity index (χ2v) is 9.27. The van der Waals surface area contributed by atoms with Crippen LogP contribution in [0.5, 0.6) is 0 Å². The average Bonchev–Trinajstić information content (AvgIpc) is 3.30. The van der Waals surface area contributed by atoms with Gasteiger partial charge >= 0.3 is 0 Å². The Labute approximate surface area is 148 Å². The van der Waals surface area contributed by atoms with Crippen molar-refractivity contribution in [3.05, 3.63) is 12.2 Å². The molecule has 5 heteroatoms. The van der Waals surface area contributed by atoms with Crippen molar-refractivity contribution in [2.45, 2.75) is 43.8 Å². The van der Waals surface area contributed by atoms with E-state index in [1.807, 2.05) is 0 Å². The molecule has 0 radical (unpaired) electrons. The Morgan fingerprint density at radius 3 is 2.80 bits per heavy atom. The third kappa shape index (κ3) is 1.91. The maximum atomic E-state index is 12.8. The number of carbonyl (C=O) groups excluding carboxylic acids is 2. The minimum absolute atomic E-state index is 0.106. The van der Waals surface area contributed by atoms with Crippen molar-refractivity contribution in [3.63, 3.8) is 0 Å². The molecule has 3 heterocycles. The van der Waals surface area contributed by atoms with Crippen LogP contribution in [0.4, 0.5) is 0 Å². The van der Waals surface area contributed by atoms with E-state index < -0.39 is 0 Å². The van der Waals surface area contributed by atoms with Crippen LogP contribution in [0, 0.1) is 41.4 Å². The van der Waals surface area contributed by atoms with E-state index >= 15 is 0 Å². The highest BCUT2D eigenvalue weighted by Gasteiger charge is 2.64. The SMILES string of the molecule is O=C1C=CC2NC3C4CCC5CCNC5C4C4CNC(=O)C4C3C2C1. The van der Waals surface area contributed by atoms with E-state index in [9.17, 15) is 9.59 Å². The standard InChI is InChI=1S/C20H27N3O2/c24-10-2-4-14-12(7-10)16-17-13(8-22-20(17)25)15-11(19(16)23-14)3-1-9-5-6-21-18(9)15/h2,4,9,11-19,21,23H,1,3,5-8H2,(H,22,25).